The Hall–Kier alpha value is -0.120. The highest BCUT2D eigenvalue weighted by molar-refractivity contribution is 4.77. The minimum absolute atomic E-state index is 0.390. The quantitative estimate of drug-likeness (QED) is 0.775. The Morgan fingerprint density at radius 2 is 2.00 bits per heavy atom. The Kier molecular flexibility index (Phi) is 5.73. The number of nitrogens with zero attached hydrogens (tertiary/aromatic N) is 1. The Bertz CT molecular complexity index is 196. The fraction of sp³-hybridized carbons (Fsp3) is 1.00. The molecule has 0 aromatic heterocycles. The van der Waals surface area contributed by atoms with Crippen LogP contribution >= 0.6 is 0 Å². The third-order valence-corrected chi connectivity index (χ3v) is 3.16. The summed E-state index contributed by atoms with van der Waals surface area (Å²) in [6.07, 6.45) is 0.390. The summed E-state index contributed by atoms with van der Waals surface area (Å²) >= 11 is 0. The SMILES string of the molecule is CC(CNC(C)C)CN1CC(C)OCC1C. The molecule has 3 heteroatoms. The van der Waals surface area contributed by atoms with Gasteiger partial charge in [-0.25, -0.2) is 0 Å². The van der Waals surface area contributed by atoms with Crippen molar-refractivity contribution in [3.63, 3.8) is 0 Å². The van der Waals surface area contributed by atoms with Crippen molar-refractivity contribution in [2.45, 2.75) is 52.8 Å². The van der Waals surface area contributed by atoms with E-state index >= 15 is 0 Å². The molecule has 0 saturated carbocycles. The smallest absolute Gasteiger partial charge is 0.0674 e. The van der Waals surface area contributed by atoms with Gasteiger partial charge in [0.15, 0.2) is 0 Å². The van der Waals surface area contributed by atoms with Crippen molar-refractivity contribution >= 4 is 0 Å². The lowest BCUT2D eigenvalue weighted by molar-refractivity contribution is -0.0534. The maximum atomic E-state index is 5.64. The summed E-state index contributed by atoms with van der Waals surface area (Å²) in [5.74, 6) is 0.704. The van der Waals surface area contributed by atoms with Crippen LogP contribution in [0.5, 0.6) is 0 Å². The largest absolute Gasteiger partial charge is 0.376 e. The summed E-state index contributed by atoms with van der Waals surface area (Å²) in [5.41, 5.74) is 0. The van der Waals surface area contributed by atoms with Crippen LogP contribution in [0.25, 0.3) is 0 Å². The summed E-state index contributed by atoms with van der Waals surface area (Å²) in [6, 6.07) is 1.15. The molecule has 0 amide bonds. The summed E-state index contributed by atoms with van der Waals surface area (Å²) in [7, 11) is 0. The average Bonchev–Trinajstić information content (AvgIpc) is 2.20. The Labute approximate surface area is 101 Å². The predicted octanol–water partition coefficient (Wildman–Crippen LogP) is 1.73. The number of morpholine rings is 1. The standard InChI is InChI=1S/C13H28N2O/c1-10(2)14-6-11(3)7-15-8-13(5)16-9-12(15)4/h10-14H,6-9H2,1-5H3. The lowest BCUT2D eigenvalue weighted by Crippen LogP contribution is -2.49. The van der Waals surface area contributed by atoms with Crippen molar-refractivity contribution in [3.8, 4) is 0 Å². The van der Waals surface area contributed by atoms with E-state index in [1.807, 2.05) is 0 Å². The maximum Gasteiger partial charge on any atom is 0.0674 e. The zero-order valence-electron chi connectivity index (χ0n) is 11.5. The summed E-state index contributed by atoms with van der Waals surface area (Å²) in [4.78, 5) is 2.56. The second kappa shape index (κ2) is 6.58. The molecule has 1 aliphatic heterocycles. The molecule has 0 aromatic carbocycles. The summed E-state index contributed by atoms with van der Waals surface area (Å²) in [5, 5.41) is 3.50. The molecule has 16 heavy (non-hydrogen) atoms. The molecule has 1 fully saturated rings. The number of ether oxygens (including phenoxy) is 1. The van der Waals surface area contributed by atoms with E-state index in [1.54, 1.807) is 0 Å². The molecule has 0 bridgehead atoms. The van der Waals surface area contributed by atoms with Gasteiger partial charge in [-0.1, -0.05) is 20.8 Å². The third-order valence-electron chi connectivity index (χ3n) is 3.16. The van der Waals surface area contributed by atoms with Crippen LogP contribution in [-0.2, 0) is 4.74 Å². The van der Waals surface area contributed by atoms with Gasteiger partial charge in [0, 0.05) is 25.2 Å². The van der Waals surface area contributed by atoms with Gasteiger partial charge in [-0.3, -0.25) is 4.90 Å². The van der Waals surface area contributed by atoms with Crippen LogP contribution in [0.4, 0.5) is 0 Å². The predicted molar refractivity (Wildman–Crippen MR) is 68.8 cm³/mol. The van der Waals surface area contributed by atoms with Crippen molar-refractivity contribution in [2.24, 2.45) is 5.92 Å². The fourth-order valence-corrected chi connectivity index (χ4v) is 2.13. The molecule has 3 atom stereocenters. The van der Waals surface area contributed by atoms with Gasteiger partial charge < -0.3 is 10.1 Å². The van der Waals surface area contributed by atoms with Gasteiger partial charge in [-0.05, 0) is 26.3 Å². The van der Waals surface area contributed by atoms with Gasteiger partial charge in [-0.15, -0.1) is 0 Å². The zero-order chi connectivity index (χ0) is 12.1. The van der Waals surface area contributed by atoms with Crippen molar-refractivity contribution in [1.82, 2.24) is 10.2 Å². The van der Waals surface area contributed by atoms with E-state index < -0.39 is 0 Å². The molecule has 1 aliphatic rings. The molecule has 1 N–H and O–H groups in total. The number of hydrogen-bond donors (Lipinski definition) is 1. The van der Waals surface area contributed by atoms with Crippen molar-refractivity contribution in [1.29, 1.82) is 0 Å². The summed E-state index contributed by atoms with van der Waals surface area (Å²) in [6.45, 7) is 15.4. The monoisotopic (exact) mass is 228 g/mol. The number of rotatable bonds is 5. The second-order valence-corrected chi connectivity index (χ2v) is 5.61. The van der Waals surface area contributed by atoms with E-state index in [0.29, 0.717) is 24.1 Å². The highest BCUT2D eigenvalue weighted by Gasteiger charge is 2.24. The third kappa shape index (κ3) is 4.81. The van der Waals surface area contributed by atoms with E-state index in [1.165, 1.54) is 6.54 Å². The summed E-state index contributed by atoms with van der Waals surface area (Å²) < 4.78 is 5.64. The zero-order valence-corrected chi connectivity index (χ0v) is 11.5. The van der Waals surface area contributed by atoms with Crippen LogP contribution < -0.4 is 5.32 Å². The van der Waals surface area contributed by atoms with E-state index in [2.05, 4.69) is 44.8 Å². The van der Waals surface area contributed by atoms with Crippen LogP contribution in [0.3, 0.4) is 0 Å². The average molecular weight is 228 g/mol. The number of nitrogens with one attached hydrogen (secondary N) is 1. The van der Waals surface area contributed by atoms with Crippen LogP contribution in [0.15, 0.2) is 0 Å². The first kappa shape index (κ1) is 13.9. The highest BCUT2D eigenvalue weighted by Crippen LogP contribution is 2.13. The molecule has 0 radical (unpaired) electrons. The van der Waals surface area contributed by atoms with Crippen LogP contribution in [0.2, 0.25) is 0 Å². The highest BCUT2D eigenvalue weighted by atomic mass is 16.5. The lowest BCUT2D eigenvalue weighted by atomic mass is 10.1. The Morgan fingerprint density at radius 1 is 1.31 bits per heavy atom. The Balaban J connectivity index is 2.28. The van der Waals surface area contributed by atoms with Crippen LogP contribution in [-0.4, -0.2) is 49.3 Å². The van der Waals surface area contributed by atoms with Crippen molar-refractivity contribution in [3.05, 3.63) is 0 Å². The first-order chi connectivity index (χ1) is 7.49. The van der Waals surface area contributed by atoms with Gasteiger partial charge in [0.1, 0.15) is 0 Å². The fourth-order valence-electron chi connectivity index (χ4n) is 2.13. The molecular formula is C13H28N2O. The minimum Gasteiger partial charge on any atom is -0.376 e. The molecule has 1 heterocycles. The van der Waals surface area contributed by atoms with Crippen LogP contribution in [0, 0.1) is 5.92 Å². The molecule has 3 unspecified atom stereocenters. The molecule has 3 nitrogen and oxygen atoms in total. The lowest BCUT2D eigenvalue weighted by Gasteiger charge is -2.38. The second-order valence-electron chi connectivity index (χ2n) is 5.61. The van der Waals surface area contributed by atoms with Gasteiger partial charge in [0.05, 0.1) is 12.7 Å². The van der Waals surface area contributed by atoms with E-state index in [9.17, 15) is 0 Å². The van der Waals surface area contributed by atoms with Gasteiger partial charge in [0.25, 0.3) is 0 Å². The van der Waals surface area contributed by atoms with Gasteiger partial charge in [0.2, 0.25) is 0 Å². The topological polar surface area (TPSA) is 24.5 Å². The van der Waals surface area contributed by atoms with E-state index in [-0.39, 0.29) is 0 Å². The van der Waals surface area contributed by atoms with Crippen LogP contribution in [0.1, 0.15) is 34.6 Å². The molecule has 0 spiro atoms. The normalized spacial score (nSPS) is 29.6. The first-order valence-corrected chi connectivity index (χ1v) is 6.58. The molecular weight excluding hydrogens is 200 g/mol. The maximum absolute atomic E-state index is 5.64. The van der Waals surface area contributed by atoms with Gasteiger partial charge >= 0.3 is 0 Å². The molecule has 1 rings (SSSR count). The van der Waals surface area contributed by atoms with Crippen molar-refractivity contribution < 1.29 is 4.74 Å². The molecule has 1 saturated heterocycles. The van der Waals surface area contributed by atoms with Crippen molar-refractivity contribution in [2.75, 3.05) is 26.2 Å². The molecule has 96 valence electrons. The Morgan fingerprint density at radius 3 is 2.62 bits per heavy atom. The molecule has 0 aliphatic carbocycles. The van der Waals surface area contributed by atoms with E-state index in [4.69, 9.17) is 4.74 Å². The first-order valence-electron chi connectivity index (χ1n) is 6.58. The van der Waals surface area contributed by atoms with Gasteiger partial charge in [-0.2, -0.15) is 0 Å². The molecule has 0 aromatic rings. The minimum atomic E-state index is 0.390. The number of hydrogen-bond acceptors (Lipinski definition) is 3. The van der Waals surface area contributed by atoms with E-state index in [0.717, 1.165) is 19.7 Å².